The molecule has 4 heteroatoms. The zero-order chi connectivity index (χ0) is 12.8. The second-order valence-corrected chi connectivity index (χ2v) is 4.30. The molecule has 17 heavy (non-hydrogen) atoms. The van der Waals surface area contributed by atoms with Gasteiger partial charge in [-0.05, 0) is 12.5 Å². The molecule has 0 fully saturated rings. The molecule has 0 bridgehead atoms. The summed E-state index contributed by atoms with van der Waals surface area (Å²) < 4.78 is 0. The molecular weight excluding hydrogens is 216 g/mol. The first-order valence-electron chi connectivity index (χ1n) is 5.78. The molecule has 4 N–H and O–H groups in total. The molecule has 94 valence electrons. The van der Waals surface area contributed by atoms with E-state index in [1.54, 1.807) is 13.8 Å². The third kappa shape index (κ3) is 3.84. The maximum atomic E-state index is 11.8. The zero-order valence-electron chi connectivity index (χ0n) is 10.3. The molecule has 0 spiro atoms. The summed E-state index contributed by atoms with van der Waals surface area (Å²) in [6.45, 7) is 3.45. The SMILES string of the molecule is CC(N)C(C)C(=O)N[C@@H](CO)c1ccccc1. The molecule has 0 saturated carbocycles. The van der Waals surface area contributed by atoms with Crippen LogP contribution in [-0.2, 0) is 4.79 Å². The molecule has 1 aromatic rings. The molecule has 0 aliphatic carbocycles. The van der Waals surface area contributed by atoms with Gasteiger partial charge in [0.15, 0.2) is 0 Å². The van der Waals surface area contributed by atoms with Crippen LogP contribution >= 0.6 is 0 Å². The van der Waals surface area contributed by atoms with Crippen LogP contribution in [0.25, 0.3) is 0 Å². The molecule has 4 nitrogen and oxygen atoms in total. The fourth-order valence-corrected chi connectivity index (χ4v) is 1.46. The first-order chi connectivity index (χ1) is 8.06. The minimum Gasteiger partial charge on any atom is -0.394 e. The average Bonchev–Trinajstić information content (AvgIpc) is 2.35. The third-order valence-corrected chi connectivity index (χ3v) is 2.90. The van der Waals surface area contributed by atoms with Crippen LogP contribution in [-0.4, -0.2) is 23.7 Å². The lowest BCUT2D eigenvalue weighted by Gasteiger charge is -2.21. The Bertz CT molecular complexity index is 352. The summed E-state index contributed by atoms with van der Waals surface area (Å²) in [6.07, 6.45) is 0. The van der Waals surface area contributed by atoms with Crippen molar-refractivity contribution in [2.24, 2.45) is 11.7 Å². The summed E-state index contributed by atoms with van der Waals surface area (Å²) in [7, 11) is 0. The first-order valence-corrected chi connectivity index (χ1v) is 5.78. The summed E-state index contributed by atoms with van der Waals surface area (Å²) in [5.41, 5.74) is 6.56. The van der Waals surface area contributed by atoms with Gasteiger partial charge in [0, 0.05) is 12.0 Å². The van der Waals surface area contributed by atoms with Crippen LogP contribution in [0.5, 0.6) is 0 Å². The Morgan fingerprint density at radius 1 is 1.35 bits per heavy atom. The van der Waals surface area contributed by atoms with Gasteiger partial charge in [0.05, 0.1) is 12.6 Å². The highest BCUT2D eigenvalue weighted by Gasteiger charge is 2.20. The maximum Gasteiger partial charge on any atom is 0.224 e. The number of aliphatic hydroxyl groups is 1. The molecule has 0 saturated heterocycles. The molecule has 0 aliphatic rings. The predicted molar refractivity (Wildman–Crippen MR) is 67.2 cm³/mol. The number of aliphatic hydroxyl groups excluding tert-OH is 1. The van der Waals surface area contributed by atoms with Gasteiger partial charge in [-0.25, -0.2) is 0 Å². The van der Waals surface area contributed by atoms with Crippen molar-refractivity contribution in [1.82, 2.24) is 5.32 Å². The summed E-state index contributed by atoms with van der Waals surface area (Å²) in [5.74, 6) is -0.407. The van der Waals surface area contributed by atoms with Crippen LogP contribution < -0.4 is 11.1 Å². The van der Waals surface area contributed by atoms with Crippen molar-refractivity contribution in [3.8, 4) is 0 Å². The molecule has 0 radical (unpaired) electrons. The second-order valence-electron chi connectivity index (χ2n) is 4.30. The maximum absolute atomic E-state index is 11.8. The fraction of sp³-hybridized carbons (Fsp3) is 0.462. The van der Waals surface area contributed by atoms with E-state index in [2.05, 4.69) is 5.32 Å². The Balaban J connectivity index is 2.68. The summed E-state index contributed by atoms with van der Waals surface area (Å²) >= 11 is 0. The Morgan fingerprint density at radius 2 is 1.94 bits per heavy atom. The summed E-state index contributed by atoms with van der Waals surface area (Å²) in [6, 6.07) is 8.81. The van der Waals surface area contributed by atoms with E-state index in [1.165, 1.54) is 0 Å². The number of nitrogens with one attached hydrogen (secondary N) is 1. The van der Waals surface area contributed by atoms with Gasteiger partial charge in [-0.15, -0.1) is 0 Å². The van der Waals surface area contributed by atoms with E-state index in [-0.39, 0.29) is 30.5 Å². The molecule has 2 unspecified atom stereocenters. The van der Waals surface area contributed by atoms with Gasteiger partial charge in [0.25, 0.3) is 0 Å². The third-order valence-electron chi connectivity index (χ3n) is 2.90. The Morgan fingerprint density at radius 3 is 2.41 bits per heavy atom. The summed E-state index contributed by atoms with van der Waals surface area (Å²) in [5, 5.41) is 12.1. The van der Waals surface area contributed by atoms with Crippen LogP contribution in [0.3, 0.4) is 0 Å². The van der Waals surface area contributed by atoms with Crippen LogP contribution in [0.15, 0.2) is 30.3 Å². The van der Waals surface area contributed by atoms with Crippen molar-refractivity contribution in [3.63, 3.8) is 0 Å². The fourth-order valence-electron chi connectivity index (χ4n) is 1.46. The Kier molecular flexibility index (Phi) is 5.12. The largest absolute Gasteiger partial charge is 0.394 e. The van der Waals surface area contributed by atoms with Crippen molar-refractivity contribution in [2.45, 2.75) is 25.9 Å². The van der Waals surface area contributed by atoms with Gasteiger partial charge < -0.3 is 16.2 Å². The van der Waals surface area contributed by atoms with E-state index in [4.69, 9.17) is 5.73 Å². The van der Waals surface area contributed by atoms with Crippen molar-refractivity contribution in [3.05, 3.63) is 35.9 Å². The van der Waals surface area contributed by atoms with Gasteiger partial charge >= 0.3 is 0 Å². The van der Waals surface area contributed by atoms with Gasteiger partial charge in [-0.1, -0.05) is 37.3 Å². The molecule has 0 heterocycles. The smallest absolute Gasteiger partial charge is 0.224 e. The number of nitrogens with two attached hydrogens (primary N) is 1. The Labute approximate surface area is 102 Å². The molecule has 0 aliphatic heterocycles. The van der Waals surface area contributed by atoms with Crippen molar-refractivity contribution >= 4 is 5.91 Å². The van der Waals surface area contributed by atoms with Gasteiger partial charge in [-0.2, -0.15) is 0 Å². The van der Waals surface area contributed by atoms with E-state index in [0.29, 0.717) is 0 Å². The number of hydrogen-bond acceptors (Lipinski definition) is 3. The molecular formula is C13H20N2O2. The van der Waals surface area contributed by atoms with Crippen molar-refractivity contribution < 1.29 is 9.90 Å². The molecule has 1 amide bonds. The Hall–Kier alpha value is -1.39. The lowest BCUT2D eigenvalue weighted by molar-refractivity contribution is -0.126. The lowest BCUT2D eigenvalue weighted by Crippen LogP contribution is -2.41. The number of carbonyl (C=O) groups excluding carboxylic acids is 1. The number of carbonyl (C=O) groups is 1. The van der Waals surface area contributed by atoms with E-state index >= 15 is 0 Å². The monoisotopic (exact) mass is 236 g/mol. The van der Waals surface area contributed by atoms with Gasteiger partial charge in [0.2, 0.25) is 5.91 Å². The van der Waals surface area contributed by atoms with E-state index in [1.807, 2.05) is 30.3 Å². The highest BCUT2D eigenvalue weighted by atomic mass is 16.3. The van der Waals surface area contributed by atoms with Crippen molar-refractivity contribution in [1.29, 1.82) is 0 Å². The van der Waals surface area contributed by atoms with Gasteiger partial charge in [0.1, 0.15) is 0 Å². The van der Waals surface area contributed by atoms with Crippen LogP contribution in [0.2, 0.25) is 0 Å². The summed E-state index contributed by atoms with van der Waals surface area (Å²) in [4.78, 5) is 11.8. The number of rotatable bonds is 5. The predicted octanol–water partition coefficient (Wildman–Crippen LogP) is 0.819. The van der Waals surface area contributed by atoms with E-state index in [0.717, 1.165) is 5.56 Å². The van der Waals surface area contributed by atoms with Crippen LogP contribution in [0.1, 0.15) is 25.5 Å². The molecule has 1 aromatic carbocycles. The van der Waals surface area contributed by atoms with Gasteiger partial charge in [-0.3, -0.25) is 4.79 Å². The van der Waals surface area contributed by atoms with Crippen molar-refractivity contribution in [2.75, 3.05) is 6.61 Å². The molecule has 3 atom stereocenters. The normalized spacial score (nSPS) is 16.0. The highest BCUT2D eigenvalue weighted by Crippen LogP contribution is 2.13. The topological polar surface area (TPSA) is 75.4 Å². The minimum absolute atomic E-state index is 0.124. The zero-order valence-corrected chi connectivity index (χ0v) is 10.3. The average molecular weight is 236 g/mol. The molecule has 1 rings (SSSR count). The number of amides is 1. The van der Waals surface area contributed by atoms with E-state index < -0.39 is 0 Å². The minimum atomic E-state index is -0.370. The standard InChI is InChI=1S/C13H20N2O2/c1-9(10(2)14)13(17)15-12(8-16)11-6-4-3-5-7-11/h3-7,9-10,12,16H,8,14H2,1-2H3,(H,15,17)/t9?,10?,12-/m0/s1. The number of hydrogen-bond donors (Lipinski definition) is 3. The molecule has 0 aromatic heterocycles. The van der Waals surface area contributed by atoms with Crippen LogP contribution in [0, 0.1) is 5.92 Å². The highest BCUT2D eigenvalue weighted by molar-refractivity contribution is 5.79. The first kappa shape index (κ1) is 13.7. The quantitative estimate of drug-likeness (QED) is 0.708. The lowest BCUT2D eigenvalue weighted by atomic mass is 10.0. The van der Waals surface area contributed by atoms with E-state index in [9.17, 15) is 9.90 Å². The second kappa shape index (κ2) is 6.37. The number of benzene rings is 1. The van der Waals surface area contributed by atoms with Crippen LogP contribution in [0.4, 0.5) is 0 Å².